The van der Waals surface area contributed by atoms with Crippen LogP contribution in [0.4, 0.5) is 4.39 Å². The zero-order valence-electron chi connectivity index (χ0n) is 12.1. The molecule has 6 heteroatoms. The summed E-state index contributed by atoms with van der Waals surface area (Å²) in [6.45, 7) is 0. The van der Waals surface area contributed by atoms with Crippen molar-refractivity contribution in [1.82, 2.24) is 15.0 Å². The van der Waals surface area contributed by atoms with Gasteiger partial charge < -0.3 is 4.42 Å². The summed E-state index contributed by atoms with van der Waals surface area (Å²) in [5, 5.41) is 0. The molecule has 0 radical (unpaired) electrons. The molecule has 0 aromatic carbocycles. The number of pyridine rings is 2. The average molecular weight is 309 g/mol. The van der Waals surface area contributed by atoms with E-state index in [1.165, 1.54) is 6.20 Å². The molecule has 0 spiro atoms. The van der Waals surface area contributed by atoms with Crippen LogP contribution in [0.15, 0.2) is 41.1 Å². The molecule has 5 nitrogen and oxygen atoms in total. The number of ketones is 1. The number of halogens is 1. The molecule has 0 saturated heterocycles. The Morgan fingerprint density at radius 2 is 2.04 bits per heavy atom. The summed E-state index contributed by atoms with van der Waals surface area (Å²) in [6.07, 6.45) is 5.16. The smallest absolute Gasteiger partial charge is 0.260 e. The molecule has 0 N–H and O–H groups in total. The molecule has 3 heterocycles. The average Bonchev–Trinajstić information content (AvgIpc) is 2.97. The molecule has 0 amide bonds. The second kappa shape index (κ2) is 5.39. The molecule has 0 fully saturated rings. The standard InChI is InChI=1S/C17H12FN3O2/c18-16-15(10-3-2-8-19-9-10)23-17(21-16)13-7-6-11-12(20-13)4-1-5-14(11)22/h2-3,6-9H,1,4-5H2. The first kappa shape index (κ1) is 13.8. The van der Waals surface area contributed by atoms with Crippen LogP contribution in [-0.2, 0) is 6.42 Å². The Bertz CT molecular complexity index is 890. The molecular formula is C17H12FN3O2. The van der Waals surface area contributed by atoms with Crippen LogP contribution in [-0.4, -0.2) is 20.7 Å². The Morgan fingerprint density at radius 3 is 2.87 bits per heavy atom. The van der Waals surface area contributed by atoms with Gasteiger partial charge in [0.1, 0.15) is 5.69 Å². The molecule has 0 unspecified atom stereocenters. The minimum Gasteiger partial charge on any atom is -0.431 e. The molecule has 1 aliphatic carbocycles. The Hall–Kier alpha value is -2.89. The van der Waals surface area contributed by atoms with E-state index in [0.717, 1.165) is 18.5 Å². The highest BCUT2D eigenvalue weighted by atomic mass is 19.1. The normalized spacial score (nSPS) is 13.9. The van der Waals surface area contributed by atoms with E-state index in [9.17, 15) is 9.18 Å². The minimum atomic E-state index is -0.705. The number of carbonyl (C=O) groups is 1. The molecule has 23 heavy (non-hydrogen) atoms. The van der Waals surface area contributed by atoms with E-state index in [1.807, 2.05) is 0 Å². The summed E-state index contributed by atoms with van der Waals surface area (Å²) in [4.78, 5) is 24.0. The maximum atomic E-state index is 14.1. The minimum absolute atomic E-state index is 0.0312. The summed E-state index contributed by atoms with van der Waals surface area (Å²) in [5.74, 6) is -0.477. The lowest BCUT2D eigenvalue weighted by Crippen LogP contribution is -2.12. The molecule has 0 saturated carbocycles. The zero-order valence-corrected chi connectivity index (χ0v) is 12.1. The fraction of sp³-hybridized carbons (Fsp3) is 0.176. The maximum absolute atomic E-state index is 14.1. The number of rotatable bonds is 2. The first-order valence-electron chi connectivity index (χ1n) is 7.32. The monoisotopic (exact) mass is 309 g/mol. The third-order valence-corrected chi connectivity index (χ3v) is 3.82. The van der Waals surface area contributed by atoms with Crippen LogP contribution < -0.4 is 0 Å². The van der Waals surface area contributed by atoms with Gasteiger partial charge in [0.05, 0.1) is 5.69 Å². The summed E-state index contributed by atoms with van der Waals surface area (Å²) >= 11 is 0. The van der Waals surface area contributed by atoms with Crippen molar-refractivity contribution in [3.63, 3.8) is 0 Å². The van der Waals surface area contributed by atoms with Gasteiger partial charge in [-0.3, -0.25) is 9.78 Å². The van der Waals surface area contributed by atoms with Crippen molar-refractivity contribution in [2.75, 3.05) is 0 Å². The summed E-state index contributed by atoms with van der Waals surface area (Å²) in [5.41, 5.74) is 2.30. The van der Waals surface area contributed by atoms with Gasteiger partial charge in [-0.05, 0) is 37.1 Å². The Balaban J connectivity index is 1.76. The number of oxazole rings is 1. The van der Waals surface area contributed by atoms with Gasteiger partial charge in [-0.2, -0.15) is 9.37 Å². The summed E-state index contributed by atoms with van der Waals surface area (Å²) < 4.78 is 19.6. The fourth-order valence-corrected chi connectivity index (χ4v) is 2.70. The zero-order chi connectivity index (χ0) is 15.8. The van der Waals surface area contributed by atoms with Gasteiger partial charge in [-0.25, -0.2) is 4.98 Å². The van der Waals surface area contributed by atoms with Crippen LogP contribution in [0.2, 0.25) is 0 Å². The van der Waals surface area contributed by atoms with Gasteiger partial charge in [0.2, 0.25) is 5.89 Å². The van der Waals surface area contributed by atoms with E-state index in [4.69, 9.17) is 4.42 Å². The SMILES string of the molecule is O=C1CCCc2nc(-c3nc(F)c(-c4cccnc4)o3)ccc21. The highest BCUT2D eigenvalue weighted by molar-refractivity contribution is 5.98. The van der Waals surface area contributed by atoms with Gasteiger partial charge in [-0.1, -0.05) is 0 Å². The van der Waals surface area contributed by atoms with Gasteiger partial charge in [0, 0.05) is 29.9 Å². The van der Waals surface area contributed by atoms with Gasteiger partial charge in [-0.15, -0.1) is 0 Å². The predicted molar refractivity (Wildman–Crippen MR) is 80.2 cm³/mol. The van der Waals surface area contributed by atoms with Crippen molar-refractivity contribution in [2.24, 2.45) is 0 Å². The topological polar surface area (TPSA) is 68.9 Å². The number of nitrogens with zero attached hydrogens (tertiary/aromatic N) is 3. The van der Waals surface area contributed by atoms with Gasteiger partial charge in [0.25, 0.3) is 5.95 Å². The Labute approximate surface area is 131 Å². The molecule has 3 aromatic heterocycles. The maximum Gasteiger partial charge on any atom is 0.260 e. The lowest BCUT2D eigenvalue weighted by Gasteiger charge is -2.13. The van der Waals surface area contributed by atoms with E-state index in [2.05, 4.69) is 15.0 Å². The third-order valence-electron chi connectivity index (χ3n) is 3.82. The number of fused-ring (bicyclic) bond motifs is 1. The first-order valence-corrected chi connectivity index (χ1v) is 7.32. The highest BCUT2D eigenvalue weighted by Crippen LogP contribution is 2.29. The number of hydrogen-bond donors (Lipinski definition) is 0. The Morgan fingerprint density at radius 1 is 1.13 bits per heavy atom. The molecule has 4 rings (SSSR count). The number of aromatic nitrogens is 3. The molecule has 0 aliphatic heterocycles. The quantitative estimate of drug-likeness (QED) is 0.725. The van der Waals surface area contributed by atoms with Crippen molar-refractivity contribution in [3.8, 4) is 22.9 Å². The second-order valence-electron chi connectivity index (χ2n) is 5.35. The molecule has 3 aromatic rings. The van der Waals surface area contributed by atoms with E-state index < -0.39 is 5.95 Å². The predicted octanol–water partition coefficient (Wildman–Crippen LogP) is 3.46. The van der Waals surface area contributed by atoms with Crippen LogP contribution in [0, 0.1) is 5.95 Å². The first-order chi connectivity index (χ1) is 11.2. The lowest BCUT2D eigenvalue weighted by atomic mass is 9.94. The van der Waals surface area contributed by atoms with Gasteiger partial charge in [0.15, 0.2) is 11.5 Å². The van der Waals surface area contributed by atoms with Crippen LogP contribution in [0.3, 0.4) is 0 Å². The van der Waals surface area contributed by atoms with Crippen molar-refractivity contribution in [2.45, 2.75) is 19.3 Å². The van der Waals surface area contributed by atoms with E-state index >= 15 is 0 Å². The van der Waals surface area contributed by atoms with Crippen LogP contribution in [0.25, 0.3) is 22.9 Å². The summed E-state index contributed by atoms with van der Waals surface area (Å²) in [6, 6.07) is 6.74. The second-order valence-corrected chi connectivity index (χ2v) is 5.35. The van der Waals surface area contributed by atoms with Gasteiger partial charge >= 0.3 is 0 Å². The number of aryl methyl sites for hydroxylation is 1. The van der Waals surface area contributed by atoms with Crippen LogP contribution in [0.1, 0.15) is 28.9 Å². The van der Waals surface area contributed by atoms with Crippen molar-refractivity contribution in [1.29, 1.82) is 0 Å². The van der Waals surface area contributed by atoms with E-state index in [0.29, 0.717) is 23.2 Å². The van der Waals surface area contributed by atoms with Crippen molar-refractivity contribution in [3.05, 3.63) is 53.9 Å². The molecular weight excluding hydrogens is 297 g/mol. The Kier molecular flexibility index (Phi) is 3.22. The number of Topliss-reactive ketones (excluding diaryl/α,β-unsaturated/α-hetero) is 1. The molecule has 114 valence electrons. The largest absolute Gasteiger partial charge is 0.431 e. The van der Waals surface area contributed by atoms with Crippen LogP contribution >= 0.6 is 0 Å². The van der Waals surface area contributed by atoms with Crippen LogP contribution in [0.5, 0.6) is 0 Å². The van der Waals surface area contributed by atoms with Crippen molar-refractivity contribution < 1.29 is 13.6 Å². The van der Waals surface area contributed by atoms with E-state index in [1.54, 1.807) is 30.5 Å². The lowest BCUT2D eigenvalue weighted by molar-refractivity contribution is 0.0971. The number of carbonyl (C=O) groups excluding carboxylic acids is 1. The van der Waals surface area contributed by atoms with E-state index in [-0.39, 0.29) is 17.4 Å². The third kappa shape index (κ3) is 2.42. The molecule has 0 bridgehead atoms. The number of hydrogen-bond acceptors (Lipinski definition) is 5. The fourth-order valence-electron chi connectivity index (χ4n) is 2.70. The van der Waals surface area contributed by atoms with Crippen molar-refractivity contribution >= 4 is 5.78 Å². The summed E-state index contributed by atoms with van der Waals surface area (Å²) in [7, 11) is 0. The molecule has 1 aliphatic rings. The molecule has 0 atom stereocenters. The highest BCUT2D eigenvalue weighted by Gasteiger charge is 2.22.